The highest BCUT2D eigenvalue weighted by molar-refractivity contribution is 5.91. The van der Waals surface area contributed by atoms with Crippen LogP contribution in [0.1, 0.15) is 54.8 Å². The van der Waals surface area contributed by atoms with Crippen molar-refractivity contribution in [3.05, 3.63) is 56.4 Å². The second-order valence-corrected chi connectivity index (χ2v) is 6.44. The fraction of sp³-hybridized carbons (Fsp3) is 0.471. The third-order valence-electron chi connectivity index (χ3n) is 4.04. The Morgan fingerprint density at radius 3 is 2.56 bits per heavy atom. The lowest BCUT2D eigenvalue weighted by Crippen LogP contribution is -2.34. The minimum absolute atomic E-state index is 0.131. The standard InChI is InChI=1S/C17H21N5O3/c1-11(2)22-16(24)8-6-14(20-22)17(25)18-9-10-21-15(23)7-5-13(19-21)12-3-4-12/h5-8,11-12H,3-4,9-10H2,1-2H3,(H,18,25). The van der Waals surface area contributed by atoms with Gasteiger partial charge in [-0.2, -0.15) is 10.2 Å². The molecule has 0 atom stereocenters. The summed E-state index contributed by atoms with van der Waals surface area (Å²) in [6.45, 7) is 4.18. The fourth-order valence-corrected chi connectivity index (χ4v) is 2.50. The number of carbonyl (C=O) groups excluding carboxylic acids is 1. The first-order chi connectivity index (χ1) is 12.0. The summed E-state index contributed by atoms with van der Waals surface area (Å²) in [6.07, 6.45) is 2.22. The van der Waals surface area contributed by atoms with E-state index in [2.05, 4.69) is 15.5 Å². The molecule has 1 aliphatic rings. The molecule has 25 heavy (non-hydrogen) atoms. The summed E-state index contributed by atoms with van der Waals surface area (Å²) < 4.78 is 2.64. The van der Waals surface area contributed by atoms with E-state index in [0.29, 0.717) is 5.92 Å². The monoisotopic (exact) mass is 343 g/mol. The smallest absolute Gasteiger partial charge is 0.271 e. The molecular weight excluding hydrogens is 322 g/mol. The number of rotatable bonds is 6. The molecular formula is C17H21N5O3. The lowest BCUT2D eigenvalue weighted by Gasteiger charge is -2.10. The van der Waals surface area contributed by atoms with E-state index in [9.17, 15) is 14.4 Å². The second-order valence-electron chi connectivity index (χ2n) is 6.44. The van der Waals surface area contributed by atoms with Crippen molar-refractivity contribution >= 4 is 5.91 Å². The molecule has 0 bridgehead atoms. The molecule has 8 nitrogen and oxygen atoms in total. The molecule has 0 unspecified atom stereocenters. The van der Waals surface area contributed by atoms with Crippen LogP contribution in [0, 0.1) is 0 Å². The summed E-state index contributed by atoms with van der Waals surface area (Å²) in [5, 5.41) is 11.1. The van der Waals surface area contributed by atoms with E-state index >= 15 is 0 Å². The summed E-state index contributed by atoms with van der Waals surface area (Å²) >= 11 is 0. The van der Waals surface area contributed by atoms with Gasteiger partial charge in [0.25, 0.3) is 17.0 Å². The van der Waals surface area contributed by atoms with Crippen LogP contribution in [0.25, 0.3) is 0 Å². The number of hydrogen-bond acceptors (Lipinski definition) is 5. The van der Waals surface area contributed by atoms with Gasteiger partial charge >= 0.3 is 0 Å². The van der Waals surface area contributed by atoms with E-state index in [1.54, 1.807) is 6.07 Å². The van der Waals surface area contributed by atoms with Crippen molar-refractivity contribution in [2.75, 3.05) is 6.54 Å². The van der Waals surface area contributed by atoms with E-state index in [4.69, 9.17) is 0 Å². The van der Waals surface area contributed by atoms with E-state index in [1.807, 2.05) is 13.8 Å². The van der Waals surface area contributed by atoms with E-state index in [-0.39, 0.29) is 41.9 Å². The Hall–Kier alpha value is -2.77. The number of carbonyl (C=O) groups is 1. The first-order valence-electron chi connectivity index (χ1n) is 8.42. The maximum absolute atomic E-state index is 12.2. The second kappa shape index (κ2) is 7.00. The minimum atomic E-state index is -0.388. The van der Waals surface area contributed by atoms with Crippen molar-refractivity contribution in [1.29, 1.82) is 0 Å². The van der Waals surface area contributed by atoms with Crippen LogP contribution in [0.5, 0.6) is 0 Å². The lowest BCUT2D eigenvalue weighted by molar-refractivity contribution is 0.0944. The molecule has 3 rings (SSSR count). The fourth-order valence-electron chi connectivity index (χ4n) is 2.50. The van der Waals surface area contributed by atoms with E-state index in [0.717, 1.165) is 18.5 Å². The van der Waals surface area contributed by atoms with E-state index in [1.165, 1.54) is 27.6 Å². The summed E-state index contributed by atoms with van der Waals surface area (Å²) in [4.78, 5) is 35.7. The molecule has 2 aromatic heterocycles. The molecule has 1 N–H and O–H groups in total. The molecule has 1 saturated carbocycles. The Morgan fingerprint density at radius 1 is 1.16 bits per heavy atom. The van der Waals surface area contributed by atoms with Gasteiger partial charge < -0.3 is 5.32 Å². The Kier molecular flexibility index (Phi) is 4.78. The van der Waals surface area contributed by atoms with Crippen molar-refractivity contribution in [2.24, 2.45) is 0 Å². The molecule has 132 valence electrons. The molecule has 0 saturated heterocycles. The van der Waals surface area contributed by atoms with Gasteiger partial charge in [-0.25, -0.2) is 9.36 Å². The third-order valence-corrected chi connectivity index (χ3v) is 4.04. The quantitative estimate of drug-likeness (QED) is 0.832. The van der Waals surface area contributed by atoms with Gasteiger partial charge in [0.2, 0.25) is 0 Å². The zero-order chi connectivity index (χ0) is 18.0. The number of nitrogens with one attached hydrogen (secondary N) is 1. The number of nitrogens with zero attached hydrogens (tertiary/aromatic N) is 4. The van der Waals surface area contributed by atoms with Gasteiger partial charge in [-0.15, -0.1) is 0 Å². The van der Waals surface area contributed by atoms with Gasteiger partial charge in [-0.05, 0) is 38.8 Å². The predicted octanol–water partition coefficient (Wildman–Crippen LogP) is 0.688. The van der Waals surface area contributed by atoms with Gasteiger partial charge in [-0.3, -0.25) is 14.4 Å². The third kappa shape index (κ3) is 4.01. The maximum atomic E-state index is 12.2. The Labute approximate surface area is 144 Å². The Bertz CT molecular complexity index is 896. The zero-order valence-corrected chi connectivity index (χ0v) is 14.3. The summed E-state index contributed by atoms with van der Waals surface area (Å²) in [7, 11) is 0. The van der Waals surface area contributed by atoms with Crippen molar-refractivity contribution in [3.8, 4) is 0 Å². The summed E-state index contributed by atoms with van der Waals surface area (Å²) in [5.74, 6) is 0.0727. The van der Waals surface area contributed by atoms with Gasteiger partial charge in [0.15, 0.2) is 0 Å². The Morgan fingerprint density at radius 2 is 1.88 bits per heavy atom. The van der Waals surface area contributed by atoms with Crippen LogP contribution in [0.2, 0.25) is 0 Å². The van der Waals surface area contributed by atoms with Crippen LogP contribution in [0.4, 0.5) is 0 Å². The summed E-state index contributed by atoms with van der Waals surface area (Å²) in [5.41, 5.74) is 0.654. The molecule has 1 aliphatic carbocycles. The average Bonchev–Trinajstić information content (AvgIpc) is 3.41. The number of amides is 1. The SMILES string of the molecule is CC(C)n1nc(C(=O)NCCn2nc(C3CC3)ccc2=O)ccc1=O. The molecule has 2 heterocycles. The van der Waals surface area contributed by atoms with Gasteiger partial charge in [0.1, 0.15) is 5.69 Å². The van der Waals surface area contributed by atoms with Crippen molar-refractivity contribution < 1.29 is 4.79 Å². The zero-order valence-electron chi connectivity index (χ0n) is 14.3. The van der Waals surface area contributed by atoms with Crippen LogP contribution in [-0.4, -0.2) is 32.0 Å². The normalized spacial score (nSPS) is 13.9. The predicted molar refractivity (Wildman–Crippen MR) is 91.7 cm³/mol. The van der Waals surface area contributed by atoms with Gasteiger partial charge in [-0.1, -0.05) is 0 Å². The van der Waals surface area contributed by atoms with Crippen molar-refractivity contribution in [1.82, 2.24) is 24.9 Å². The molecule has 1 fully saturated rings. The molecule has 8 heteroatoms. The first kappa shape index (κ1) is 17.1. The molecule has 0 spiro atoms. The number of aromatic nitrogens is 4. The highest BCUT2D eigenvalue weighted by Crippen LogP contribution is 2.38. The molecule has 0 aromatic carbocycles. The highest BCUT2D eigenvalue weighted by atomic mass is 16.2. The van der Waals surface area contributed by atoms with Gasteiger partial charge in [0, 0.05) is 24.6 Å². The Balaban J connectivity index is 1.63. The molecule has 0 aliphatic heterocycles. The number of hydrogen-bond donors (Lipinski definition) is 1. The highest BCUT2D eigenvalue weighted by Gasteiger charge is 2.25. The first-order valence-corrected chi connectivity index (χ1v) is 8.42. The van der Waals surface area contributed by atoms with Gasteiger partial charge in [0.05, 0.1) is 18.3 Å². The molecule has 1 amide bonds. The largest absolute Gasteiger partial charge is 0.349 e. The van der Waals surface area contributed by atoms with E-state index < -0.39 is 0 Å². The average molecular weight is 343 g/mol. The maximum Gasteiger partial charge on any atom is 0.271 e. The van der Waals surface area contributed by atoms with Crippen LogP contribution in [-0.2, 0) is 6.54 Å². The topological polar surface area (TPSA) is 98.9 Å². The van der Waals surface area contributed by atoms with Crippen molar-refractivity contribution in [2.45, 2.75) is 45.2 Å². The minimum Gasteiger partial charge on any atom is -0.349 e. The lowest BCUT2D eigenvalue weighted by atomic mass is 10.3. The van der Waals surface area contributed by atoms with Crippen molar-refractivity contribution in [3.63, 3.8) is 0 Å². The molecule has 2 aromatic rings. The van der Waals surface area contributed by atoms with Crippen LogP contribution < -0.4 is 16.4 Å². The van der Waals surface area contributed by atoms with Crippen LogP contribution >= 0.6 is 0 Å². The summed E-state index contributed by atoms with van der Waals surface area (Å²) in [6, 6.07) is 5.88. The van der Waals surface area contributed by atoms with Crippen LogP contribution in [0.15, 0.2) is 33.9 Å². The van der Waals surface area contributed by atoms with Crippen LogP contribution in [0.3, 0.4) is 0 Å². The molecule has 0 radical (unpaired) electrons.